The van der Waals surface area contributed by atoms with Crippen LogP contribution in [0.1, 0.15) is 32.3 Å². The third kappa shape index (κ3) is 3.54. The Hall–Kier alpha value is -0.580. The van der Waals surface area contributed by atoms with E-state index in [9.17, 15) is 0 Å². The number of anilines is 1. The Bertz CT molecular complexity index is 485. The fourth-order valence-corrected chi connectivity index (χ4v) is 3.18. The second-order valence-electron chi connectivity index (χ2n) is 6.46. The standard InChI is InChI=1S/C16H23BrN2O/c1-16(2)11-19(7-8-20-16)15-6-3-13(17)9-12(15)10-18-14-4-5-14/h3,6,9,14,18H,4-5,7-8,10-11H2,1-2H3. The van der Waals surface area contributed by atoms with Gasteiger partial charge in [-0.3, -0.25) is 0 Å². The van der Waals surface area contributed by atoms with Crippen LogP contribution in [0.2, 0.25) is 0 Å². The molecule has 1 saturated carbocycles. The van der Waals surface area contributed by atoms with Gasteiger partial charge in [-0.1, -0.05) is 15.9 Å². The first kappa shape index (κ1) is 14.4. The molecule has 0 spiro atoms. The highest BCUT2D eigenvalue weighted by molar-refractivity contribution is 9.10. The minimum atomic E-state index is -0.0630. The summed E-state index contributed by atoms with van der Waals surface area (Å²) in [5.74, 6) is 0. The largest absolute Gasteiger partial charge is 0.372 e. The molecule has 110 valence electrons. The highest BCUT2D eigenvalue weighted by atomic mass is 79.9. The van der Waals surface area contributed by atoms with Crippen molar-refractivity contribution in [2.75, 3.05) is 24.6 Å². The van der Waals surface area contributed by atoms with Gasteiger partial charge in [0.2, 0.25) is 0 Å². The lowest BCUT2D eigenvalue weighted by Crippen LogP contribution is -2.48. The lowest BCUT2D eigenvalue weighted by Gasteiger charge is -2.40. The lowest BCUT2D eigenvalue weighted by atomic mass is 10.0. The van der Waals surface area contributed by atoms with Crippen molar-refractivity contribution in [3.8, 4) is 0 Å². The fraction of sp³-hybridized carbons (Fsp3) is 0.625. The fourth-order valence-electron chi connectivity index (χ4n) is 2.77. The van der Waals surface area contributed by atoms with Crippen molar-refractivity contribution in [1.82, 2.24) is 5.32 Å². The van der Waals surface area contributed by atoms with Gasteiger partial charge in [0.1, 0.15) is 0 Å². The van der Waals surface area contributed by atoms with Crippen molar-refractivity contribution in [3.63, 3.8) is 0 Å². The molecule has 3 rings (SSSR count). The summed E-state index contributed by atoms with van der Waals surface area (Å²) in [5.41, 5.74) is 2.66. The van der Waals surface area contributed by atoms with Crippen LogP contribution in [0.5, 0.6) is 0 Å². The van der Waals surface area contributed by atoms with Crippen molar-refractivity contribution < 1.29 is 4.74 Å². The maximum Gasteiger partial charge on any atom is 0.0801 e. The zero-order chi connectivity index (χ0) is 14.2. The maximum atomic E-state index is 5.82. The van der Waals surface area contributed by atoms with Gasteiger partial charge in [-0.25, -0.2) is 0 Å². The third-order valence-electron chi connectivity index (χ3n) is 3.97. The Morgan fingerprint density at radius 2 is 2.20 bits per heavy atom. The maximum absolute atomic E-state index is 5.82. The summed E-state index contributed by atoms with van der Waals surface area (Å²) in [4.78, 5) is 2.46. The molecule has 0 radical (unpaired) electrons. The van der Waals surface area contributed by atoms with Crippen LogP contribution >= 0.6 is 15.9 Å². The summed E-state index contributed by atoms with van der Waals surface area (Å²) < 4.78 is 6.98. The molecule has 1 aromatic carbocycles. The number of hydrogen-bond acceptors (Lipinski definition) is 3. The number of rotatable bonds is 4. The van der Waals surface area contributed by atoms with E-state index in [-0.39, 0.29) is 5.60 Å². The summed E-state index contributed by atoms with van der Waals surface area (Å²) in [6.45, 7) is 8.02. The van der Waals surface area contributed by atoms with Gasteiger partial charge in [0.15, 0.2) is 0 Å². The zero-order valence-corrected chi connectivity index (χ0v) is 13.9. The molecule has 1 heterocycles. The normalized spacial score (nSPS) is 22.1. The first-order chi connectivity index (χ1) is 9.53. The second-order valence-corrected chi connectivity index (χ2v) is 7.37. The van der Waals surface area contributed by atoms with Crippen molar-refractivity contribution in [1.29, 1.82) is 0 Å². The number of morpholine rings is 1. The molecule has 1 aromatic rings. The average Bonchev–Trinajstić information content (AvgIpc) is 3.19. The van der Waals surface area contributed by atoms with E-state index in [1.807, 2.05) is 0 Å². The Balaban J connectivity index is 1.79. The van der Waals surface area contributed by atoms with Crippen LogP contribution in [0.25, 0.3) is 0 Å². The van der Waals surface area contributed by atoms with Crippen LogP contribution in [0, 0.1) is 0 Å². The number of benzene rings is 1. The minimum absolute atomic E-state index is 0.0630. The lowest BCUT2D eigenvalue weighted by molar-refractivity contribution is -0.0277. The second kappa shape index (κ2) is 5.66. The third-order valence-corrected chi connectivity index (χ3v) is 4.46. The van der Waals surface area contributed by atoms with Crippen molar-refractivity contribution in [2.45, 2.75) is 44.9 Å². The van der Waals surface area contributed by atoms with Gasteiger partial charge in [-0.15, -0.1) is 0 Å². The Labute approximate surface area is 129 Å². The van der Waals surface area contributed by atoms with Crippen molar-refractivity contribution >= 4 is 21.6 Å². The van der Waals surface area contributed by atoms with Gasteiger partial charge in [0.05, 0.1) is 12.2 Å². The van der Waals surface area contributed by atoms with E-state index in [1.54, 1.807) is 0 Å². The van der Waals surface area contributed by atoms with Crippen LogP contribution in [-0.4, -0.2) is 31.3 Å². The predicted octanol–water partition coefficient (Wildman–Crippen LogP) is 3.32. The summed E-state index contributed by atoms with van der Waals surface area (Å²) in [6, 6.07) is 7.35. The molecule has 0 atom stereocenters. The molecule has 1 N–H and O–H groups in total. The van der Waals surface area contributed by atoms with Crippen LogP contribution < -0.4 is 10.2 Å². The number of halogens is 1. The number of nitrogens with one attached hydrogen (secondary N) is 1. The highest BCUT2D eigenvalue weighted by Gasteiger charge is 2.28. The SMILES string of the molecule is CC1(C)CN(c2ccc(Br)cc2CNC2CC2)CCO1. The number of hydrogen-bond donors (Lipinski definition) is 1. The van der Waals surface area contributed by atoms with Crippen LogP contribution in [0.3, 0.4) is 0 Å². The molecule has 2 fully saturated rings. The molecule has 20 heavy (non-hydrogen) atoms. The first-order valence-corrected chi connectivity index (χ1v) is 8.23. The van der Waals surface area contributed by atoms with E-state index in [0.717, 1.165) is 36.8 Å². The zero-order valence-electron chi connectivity index (χ0n) is 12.3. The highest BCUT2D eigenvalue weighted by Crippen LogP contribution is 2.29. The molecule has 0 amide bonds. The molecule has 0 aromatic heterocycles. The van der Waals surface area contributed by atoms with E-state index in [4.69, 9.17) is 4.74 Å². The van der Waals surface area contributed by atoms with Gasteiger partial charge in [-0.05, 0) is 50.5 Å². The summed E-state index contributed by atoms with van der Waals surface area (Å²) in [5, 5.41) is 3.62. The Morgan fingerprint density at radius 3 is 2.90 bits per heavy atom. The quantitative estimate of drug-likeness (QED) is 0.911. The molecule has 1 saturated heterocycles. The van der Waals surface area contributed by atoms with E-state index in [0.29, 0.717) is 0 Å². The molecule has 3 nitrogen and oxygen atoms in total. The van der Waals surface area contributed by atoms with E-state index in [1.165, 1.54) is 24.1 Å². The van der Waals surface area contributed by atoms with Crippen LogP contribution in [0.15, 0.2) is 22.7 Å². The van der Waals surface area contributed by atoms with Gasteiger partial charge >= 0.3 is 0 Å². The summed E-state index contributed by atoms with van der Waals surface area (Å²) >= 11 is 3.59. The summed E-state index contributed by atoms with van der Waals surface area (Å²) in [7, 11) is 0. The minimum Gasteiger partial charge on any atom is -0.372 e. The van der Waals surface area contributed by atoms with E-state index < -0.39 is 0 Å². The van der Waals surface area contributed by atoms with Gasteiger partial charge in [0, 0.05) is 35.8 Å². The van der Waals surface area contributed by atoms with Crippen molar-refractivity contribution in [2.24, 2.45) is 0 Å². The molecule has 4 heteroatoms. The predicted molar refractivity (Wildman–Crippen MR) is 86.2 cm³/mol. The van der Waals surface area contributed by atoms with E-state index >= 15 is 0 Å². The molecule has 0 bridgehead atoms. The molecule has 1 aliphatic carbocycles. The monoisotopic (exact) mass is 338 g/mol. The molecular formula is C16H23BrN2O. The topological polar surface area (TPSA) is 24.5 Å². The molecule has 2 aliphatic rings. The number of ether oxygens (including phenoxy) is 1. The summed E-state index contributed by atoms with van der Waals surface area (Å²) in [6.07, 6.45) is 2.65. The van der Waals surface area contributed by atoms with Gasteiger partial charge < -0.3 is 15.0 Å². The van der Waals surface area contributed by atoms with Crippen LogP contribution in [-0.2, 0) is 11.3 Å². The molecular weight excluding hydrogens is 316 g/mol. The average molecular weight is 339 g/mol. The van der Waals surface area contributed by atoms with E-state index in [2.05, 4.69) is 58.2 Å². The van der Waals surface area contributed by atoms with Crippen molar-refractivity contribution in [3.05, 3.63) is 28.2 Å². The molecule has 1 aliphatic heterocycles. The van der Waals surface area contributed by atoms with Gasteiger partial charge in [-0.2, -0.15) is 0 Å². The Kier molecular flexibility index (Phi) is 4.07. The number of nitrogens with zero attached hydrogens (tertiary/aromatic N) is 1. The Morgan fingerprint density at radius 1 is 1.40 bits per heavy atom. The smallest absolute Gasteiger partial charge is 0.0801 e. The van der Waals surface area contributed by atoms with Gasteiger partial charge in [0.25, 0.3) is 0 Å². The first-order valence-electron chi connectivity index (χ1n) is 7.44. The molecule has 0 unspecified atom stereocenters. The van der Waals surface area contributed by atoms with Crippen LogP contribution in [0.4, 0.5) is 5.69 Å².